The van der Waals surface area contributed by atoms with E-state index in [1.807, 2.05) is 0 Å². The molecule has 0 aromatic heterocycles. The van der Waals surface area contributed by atoms with Crippen LogP contribution < -0.4 is 10.5 Å². The Morgan fingerprint density at radius 1 is 1.38 bits per heavy atom. The molecule has 0 saturated carbocycles. The molecule has 0 aliphatic rings. The largest absolute Gasteiger partial charge is 0.379 e. The third-order valence-corrected chi connectivity index (χ3v) is 2.80. The molecule has 0 heterocycles. The van der Waals surface area contributed by atoms with Gasteiger partial charge in [0.25, 0.3) is 10.2 Å². The molecule has 13 heavy (non-hydrogen) atoms. The zero-order valence-electron chi connectivity index (χ0n) is 7.99. The first kappa shape index (κ1) is 12.8. The monoisotopic (exact) mass is 211 g/mol. The lowest BCUT2D eigenvalue weighted by atomic mass is 10.7. The summed E-state index contributed by atoms with van der Waals surface area (Å²) in [4.78, 5) is 0. The quantitative estimate of drug-likeness (QED) is 0.495. The molecule has 0 atom stereocenters. The maximum Gasteiger partial charge on any atom is 0.279 e. The van der Waals surface area contributed by atoms with Crippen LogP contribution in [0.5, 0.6) is 0 Å². The Labute approximate surface area is 79.2 Å². The molecule has 7 heteroatoms. The van der Waals surface area contributed by atoms with Crippen LogP contribution in [0.1, 0.15) is 0 Å². The average Bonchev–Trinajstić information content (AvgIpc) is 2.03. The molecule has 0 aromatic rings. The molecular weight excluding hydrogens is 194 g/mol. The highest BCUT2D eigenvalue weighted by atomic mass is 32.2. The molecule has 0 rings (SSSR count). The SMILES string of the molecule is CN(C)S(=O)(=O)NCCOCCN. The first-order valence-corrected chi connectivity index (χ1v) is 5.39. The van der Waals surface area contributed by atoms with Gasteiger partial charge in [0.15, 0.2) is 0 Å². The van der Waals surface area contributed by atoms with Gasteiger partial charge in [-0.05, 0) is 0 Å². The van der Waals surface area contributed by atoms with Crippen molar-refractivity contribution in [1.82, 2.24) is 9.03 Å². The lowest BCUT2D eigenvalue weighted by Crippen LogP contribution is -2.37. The molecule has 3 N–H and O–H groups in total. The summed E-state index contributed by atoms with van der Waals surface area (Å²) in [6.45, 7) is 1.49. The van der Waals surface area contributed by atoms with Crippen molar-refractivity contribution in [3.05, 3.63) is 0 Å². The molecule has 80 valence electrons. The van der Waals surface area contributed by atoms with Gasteiger partial charge in [0.2, 0.25) is 0 Å². The van der Waals surface area contributed by atoms with E-state index >= 15 is 0 Å². The number of nitrogens with zero attached hydrogens (tertiary/aromatic N) is 1. The summed E-state index contributed by atoms with van der Waals surface area (Å²) in [5, 5.41) is 0. The molecule has 0 aliphatic carbocycles. The van der Waals surface area contributed by atoms with Gasteiger partial charge in [-0.1, -0.05) is 0 Å². The topological polar surface area (TPSA) is 84.7 Å². The van der Waals surface area contributed by atoms with Gasteiger partial charge in [0.05, 0.1) is 13.2 Å². The summed E-state index contributed by atoms with van der Waals surface area (Å²) < 4.78 is 30.6. The highest BCUT2D eigenvalue weighted by Crippen LogP contribution is 1.86. The third kappa shape index (κ3) is 5.94. The molecule has 0 fully saturated rings. The van der Waals surface area contributed by atoms with Crippen LogP contribution in [0.4, 0.5) is 0 Å². The highest BCUT2D eigenvalue weighted by molar-refractivity contribution is 7.87. The molecule has 0 saturated heterocycles. The van der Waals surface area contributed by atoms with E-state index in [1.165, 1.54) is 14.1 Å². The van der Waals surface area contributed by atoms with Crippen LogP contribution in [0.25, 0.3) is 0 Å². The molecule has 0 radical (unpaired) electrons. The number of hydrogen-bond donors (Lipinski definition) is 2. The second kappa shape index (κ2) is 6.28. The number of nitrogens with one attached hydrogen (secondary N) is 1. The molecule has 0 bridgehead atoms. The summed E-state index contributed by atoms with van der Waals surface area (Å²) >= 11 is 0. The fourth-order valence-corrected chi connectivity index (χ4v) is 1.16. The van der Waals surface area contributed by atoms with E-state index in [-0.39, 0.29) is 6.54 Å². The Morgan fingerprint density at radius 3 is 2.46 bits per heavy atom. The van der Waals surface area contributed by atoms with Gasteiger partial charge in [-0.15, -0.1) is 0 Å². The van der Waals surface area contributed by atoms with Gasteiger partial charge < -0.3 is 10.5 Å². The second-order valence-electron chi connectivity index (χ2n) is 2.58. The van der Waals surface area contributed by atoms with Crippen molar-refractivity contribution in [2.24, 2.45) is 5.73 Å². The van der Waals surface area contributed by atoms with Gasteiger partial charge in [-0.25, -0.2) is 0 Å². The normalized spacial score (nSPS) is 12.3. The Balaban J connectivity index is 3.53. The zero-order chi connectivity index (χ0) is 10.3. The Bertz CT molecular complexity index is 215. The van der Waals surface area contributed by atoms with Crippen LogP contribution in [0.15, 0.2) is 0 Å². The molecule has 0 aliphatic heterocycles. The van der Waals surface area contributed by atoms with Crippen molar-refractivity contribution >= 4 is 10.2 Å². The predicted molar refractivity (Wildman–Crippen MR) is 50.5 cm³/mol. The predicted octanol–water partition coefficient (Wildman–Crippen LogP) is -1.64. The summed E-state index contributed by atoms with van der Waals surface area (Å²) in [6.07, 6.45) is 0. The number of nitrogens with two attached hydrogens (primary N) is 1. The van der Waals surface area contributed by atoms with E-state index in [2.05, 4.69) is 4.72 Å². The highest BCUT2D eigenvalue weighted by Gasteiger charge is 2.10. The Kier molecular flexibility index (Phi) is 6.17. The summed E-state index contributed by atoms with van der Waals surface area (Å²) in [5.74, 6) is 0. The first-order valence-electron chi connectivity index (χ1n) is 3.95. The van der Waals surface area contributed by atoms with Crippen LogP contribution in [0.3, 0.4) is 0 Å². The number of rotatable bonds is 7. The maximum atomic E-state index is 11.1. The van der Waals surface area contributed by atoms with Crippen LogP contribution in [-0.2, 0) is 14.9 Å². The number of ether oxygens (including phenoxy) is 1. The van der Waals surface area contributed by atoms with E-state index in [0.29, 0.717) is 19.8 Å². The van der Waals surface area contributed by atoms with Gasteiger partial charge in [0, 0.05) is 27.2 Å². The van der Waals surface area contributed by atoms with Gasteiger partial charge >= 0.3 is 0 Å². The van der Waals surface area contributed by atoms with Crippen molar-refractivity contribution in [3.8, 4) is 0 Å². The zero-order valence-corrected chi connectivity index (χ0v) is 8.80. The average molecular weight is 211 g/mol. The summed E-state index contributed by atoms with van der Waals surface area (Å²) in [7, 11) is -0.391. The molecule has 0 aromatic carbocycles. The van der Waals surface area contributed by atoms with E-state index in [1.54, 1.807) is 0 Å². The lowest BCUT2D eigenvalue weighted by molar-refractivity contribution is 0.146. The van der Waals surface area contributed by atoms with Gasteiger partial charge in [-0.3, -0.25) is 0 Å². The minimum Gasteiger partial charge on any atom is -0.379 e. The maximum absolute atomic E-state index is 11.1. The van der Waals surface area contributed by atoms with Crippen molar-refractivity contribution in [3.63, 3.8) is 0 Å². The van der Waals surface area contributed by atoms with E-state index in [0.717, 1.165) is 4.31 Å². The number of hydrogen-bond acceptors (Lipinski definition) is 4. The van der Waals surface area contributed by atoms with Crippen LogP contribution in [0.2, 0.25) is 0 Å². The first-order chi connectivity index (χ1) is 6.00. The second-order valence-corrected chi connectivity index (χ2v) is 4.55. The molecule has 0 amide bonds. The van der Waals surface area contributed by atoms with Gasteiger partial charge in [0.1, 0.15) is 0 Å². The van der Waals surface area contributed by atoms with Gasteiger partial charge in [-0.2, -0.15) is 17.4 Å². The Hall–Kier alpha value is -0.210. The minimum atomic E-state index is -3.31. The fraction of sp³-hybridized carbons (Fsp3) is 1.00. The standard InChI is InChI=1S/C6H17N3O3S/c1-9(2)13(10,11)8-4-6-12-5-3-7/h8H,3-7H2,1-2H3. The summed E-state index contributed by atoms with van der Waals surface area (Å²) in [6, 6.07) is 0. The summed E-state index contributed by atoms with van der Waals surface area (Å²) in [5.41, 5.74) is 5.17. The van der Waals surface area contributed by atoms with Crippen molar-refractivity contribution in [1.29, 1.82) is 0 Å². The molecule has 0 spiro atoms. The molecule has 6 nitrogen and oxygen atoms in total. The third-order valence-electron chi connectivity index (χ3n) is 1.27. The molecule has 0 unspecified atom stereocenters. The van der Waals surface area contributed by atoms with Crippen LogP contribution >= 0.6 is 0 Å². The van der Waals surface area contributed by atoms with Crippen molar-refractivity contribution < 1.29 is 13.2 Å². The van der Waals surface area contributed by atoms with Crippen LogP contribution in [0, 0.1) is 0 Å². The minimum absolute atomic E-state index is 0.264. The van der Waals surface area contributed by atoms with E-state index in [9.17, 15) is 8.42 Å². The smallest absolute Gasteiger partial charge is 0.279 e. The Morgan fingerprint density at radius 2 is 2.00 bits per heavy atom. The fourth-order valence-electron chi connectivity index (χ4n) is 0.557. The van der Waals surface area contributed by atoms with E-state index in [4.69, 9.17) is 10.5 Å². The van der Waals surface area contributed by atoms with Crippen LogP contribution in [-0.4, -0.2) is 53.1 Å². The van der Waals surface area contributed by atoms with E-state index < -0.39 is 10.2 Å². The van der Waals surface area contributed by atoms with Crippen molar-refractivity contribution in [2.45, 2.75) is 0 Å². The lowest BCUT2D eigenvalue weighted by Gasteiger charge is -2.11. The molecular formula is C6H17N3O3S. The van der Waals surface area contributed by atoms with Crippen molar-refractivity contribution in [2.75, 3.05) is 40.4 Å².